The molecule has 4 nitrogen and oxygen atoms in total. The zero-order valence-corrected chi connectivity index (χ0v) is 10.5. The standard InChI is InChI=1S/C15H13N3O/c1-10-5-7-11(8-6-10)18-15(19)12-3-2-4-13-14(12)17-9-16-13/h2-9H,1H3,(H,16,17)(H,18,19). The number of H-pyrrole nitrogens is 1. The van der Waals surface area contributed by atoms with Gasteiger partial charge in [-0.2, -0.15) is 0 Å². The molecule has 0 bridgehead atoms. The number of carbonyl (C=O) groups is 1. The Labute approximate surface area is 110 Å². The van der Waals surface area contributed by atoms with Crippen LogP contribution in [-0.4, -0.2) is 15.9 Å². The second-order valence-electron chi connectivity index (χ2n) is 4.42. The summed E-state index contributed by atoms with van der Waals surface area (Å²) in [5, 5.41) is 2.87. The number of fused-ring (bicyclic) bond motifs is 1. The minimum absolute atomic E-state index is 0.151. The van der Waals surface area contributed by atoms with Gasteiger partial charge in [0.25, 0.3) is 5.91 Å². The highest BCUT2D eigenvalue weighted by Crippen LogP contribution is 2.17. The number of nitrogens with zero attached hydrogens (tertiary/aromatic N) is 1. The van der Waals surface area contributed by atoms with E-state index in [-0.39, 0.29) is 5.91 Å². The maximum Gasteiger partial charge on any atom is 0.257 e. The molecule has 0 aliphatic carbocycles. The number of benzene rings is 2. The maximum atomic E-state index is 12.2. The molecule has 0 saturated carbocycles. The summed E-state index contributed by atoms with van der Waals surface area (Å²) in [7, 11) is 0. The van der Waals surface area contributed by atoms with Crippen molar-refractivity contribution in [2.45, 2.75) is 6.92 Å². The first kappa shape index (κ1) is 11.5. The Bertz CT molecular complexity index is 728. The zero-order valence-electron chi connectivity index (χ0n) is 10.5. The summed E-state index contributed by atoms with van der Waals surface area (Å²) in [6, 6.07) is 13.2. The maximum absolute atomic E-state index is 12.2. The van der Waals surface area contributed by atoms with Gasteiger partial charge in [-0.05, 0) is 31.2 Å². The number of imidazole rings is 1. The smallest absolute Gasteiger partial charge is 0.257 e. The minimum atomic E-state index is -0.151. The van der Waals surface area contributed by atoms with Crippen molar-refractivity contribution in [3.8, 4) is 0 Å². The third-order valence-electron chi connectivity index (χ3n) is 3.00. The fraction of sp³-hybridized carbons (Fsp3) is 0.0667. The Morgan fingerprint density at radius 1 is 1.16 bits per heavy atom. The van der Waals surface area contributed by atoms with Gasteiger partial charge in [0.2, 0.25) is 0 Å². The van der Waals surface area contributed by atoms with Crippen LogP contribution < -0.4 is 5.32 Å². The van der Waals surface area contributed by atoms with Gasteiger partial charge in [0.1, 0.15) is 5.52 Å². The summed E-state index contributed by atoms with van der Waals surface area (Å²) in [6.45, 7) is 2.01. The van der Waals surface area contributed by atoms with Crippen LogP contribution >= 0.6 is 0 Å². The highest BCUT2D eigenvalue weighted by atomic mass is 16.1. The van der Waals surface area contributed by atoms with Crippen molar-refractivity contribution in [2.75, 3.05) is 5.32 Å². The number of amides is 1. The zero-order chi connectivity index (χ0) is 13.2. The van der Waals surface area contributed by atoms with Gasteiger partial charge >= 0.3 is 0 Å². The lowest BCUT2D eigenvalue weighted by Crippen LogP contribution is -2.12. The van der Waals surface area contributed by atoms with Gasteiger partial charge in [-0.25, -0.2) is 4.98 Å². The monoisotopic (exact) mass is 251 g/mol. The van der Waals surface area contributed by atoms with E-state index >= 15 is 0 Å². The van der Waals surface area contributed by atoms with Crippen molar-refractivity contribution in [3.05, 3.63) is 59.9 Å². The second-order valence-corrected chi connectivity index (χ2v) is 4.42. The first-order chi connectivity index (χ1) is 9.24. The number of hydrogen-bond acceptors (Lipinski definition) is 2. The Morgan fingerprint density at radius 2 is 1.95 bits per heavy atom. The largest absolute Gasteiger partial charge is 0.345 e. The second kappa shape index (κ2) is 4.57. The van der Waals surface area contributed by atoms with Crippen LogP contribution in [0.1, 0.15) is 15.9 Å². The molecule has 2 N–H and O–H groups in total. The molecule has 2 aromatic carbocycles. The van der Waals surface area contributed by atoms with Crippen molar-refractivity contribution in [3.63, 3.8) is 0 Å². The predicted octanol–water partition coefficient (Wildman–Crippen LogP) is 3.12. The number of rotatable bonds is 2. The number of aryl methyl sites for hydroxylation is 1. The van der Waals surface area contributed by atoms with E-state index < -0.39 is 0 Å². The predicted molar refractivity (Wildman–Crippen MR) is 75.2 cm³/mol. The summed E-state index contributed by atoms with van der Waals surface area (Å²) in [6.07, 6.45) is 1.59. The third kappa shape index (κ3) is 2.20. The minimum Gasteiger partial charge on any atom is -0.345 e. The van der Waals surface area contributed by atoms with E-state index in [1.54, 1.807) is 12.4 Å². The van der Waals surface area contributed by atoms with Gasteiger partial charge in [-0.1, -0.05) is 23.8 Å². The molecule has 0 aliphatic heterocycles. The average molecular weight is 251 g/mol. The normalized spacial score (nSPS) is 10.6. The van der Waals surface area contributed by atoms with Crippen LogP contribution in [0, 0.1) is 6.92 Å². The molecular weight excluding hydrogens is 238 g/mol. The van der Waals surface area contributed by atoms with Gasteiger partial charge in [-0.3, -0.25) is 4.79 Å². The number of hydrogen-bond donors (Lipinski definition) is 2. The number of carbonyl (C=O) groups excluding carboxylic acids is 1. The number of nitrogens with one attached hydrogen (secondary N) is 2. The molecule has 19 heavy (non-hydrogen) atoms. The molecule has 0 atom stereocenters. The van der Waals surface area contributed by atoms with E-state index in [0.717, 1.165) is 16.8 Å². The topological polar surface area (TPSA) is 57.8 Å². The van der Waals surface area contributed by atoms with Gasteiger partial charge in [0.05, 0.1) is 17.4 Å². The first-order valence-corrected chi connectivity index (χ1v) is 6.04. The fourth-order valence-electron chi connectivity index (χ4n) is 1.98. The van der Waals surface area contributed by atoms with E-state index in [4.69, 9.17) is 0 Å². The average Bonchev–Trinajstić information content (AvgIpc) is 2.89. The van der Waals surface area contributed by atoms with Crippen LogP contribution in [0.25, 0.3) is 11.0 Å². The summed E-state index contributed by atoms with van der Waals surface area (Å²) >= 11 is 0. The molecule has 0 aliphatic rings. The van der Waals surface area contributed by atoms with E-state index in [1.807, 2.05) is 43.3 Å². The van der Waals surface area contributed by atoms with Crippen molar-refractivity contribution in [2.24, 2.45) is 0 Å². The highest BCUT2D eigenvalue weighted by molar-refractivity contribution is 6.11. The lowest BCUT2D eigenvalue weighted by atomic mass is 10.1. The molecule has 0 radical (unpaired) electrons. The van der Waals surface area contributed by atoms with Crippen molar-refractivity contribution in [1.82, 2.24) is 9.97 Å². The molecular formula is C15H13N3O. The summed E-state index contributed by atoms with van der Waals surface area (Å²) in [4.78, 5) is 19.4. The quantitative estimate of drug-likeness (QED) is 0.735. The molecule has 4 heteroatoms. The SMILES string of the molecule is Cc1ccc(NC(=O)c2cccc3[nH]cnc23)cc1. The number of aromatic nitrogens is 2. The van der Waals surface area contributed by atoms with Gasteiger partial charge in [0.15, 0.2) is 0 Å². The van der Waals surface area contributed by atoms with Crippen LogP contribution in [0.15, 0.2) is 48.8 Å². The summed E-state index contributed by atoms with van der Waals surface area (Å²) < 4.78 is 0. The number of aromatic amines is 1. The fourth-order valence-corrected chi connectivity index (χ4v) is 1.98. The molecule has 3 aromatic rings. The Hall–Kier alpha value is -2.62. The molecule has 94 valence electrons. The van der Waals surface area contributed by atoms with Gasteiger partial charge in [0, 0.05) is 5.69 Å². The Kier molecular flexibility index (Phi) is 2.76. The lowest BCUT2D eigenvalue weighted by Gasteiger charge is -2.06. The van der Waals surface area contributed by atoms with Gasteiger partial charge < -0.3 is 10.3 Å². The Morgan fingerprint density at radius 3 is 2.74 bits per heavy atom. The van der Waals surface area contributed by atoms with Crippen LogP contribution in [-0.2, 0) is 0 Å². The molecule has 1 aromatic heterocycles. The summed E-state index contributed by atoms with van der Waals surface area (Å²) in [5.74, 6) is -0.151. The number of anilines is 1. The molecule has 0 spiro atoms. The molecule has 0 unspecified atom stereocenters. The summed E-state index contributed by atoms with van der Waals surface area (Å²) in [5.41, 5.74) is 4.05. The van der Waals surface area contributed by atoms with Crippen LogP contribution in [0.4, 0.5) is 5.69 Å². The van der Waals surface area contributed by atoms with Crippen molar-refractivity contribution in [1.29, 1.82) is 0 Å². The molecule has 0 fully saturated rings. The number of para-hydroxylation sites is 1. The van der Waals surface area contributed by atoms with Gasteiger partial charge in [-0.15, -0.1) is 0 Å². The lowest BCUT2D eigenvalue weighted by molar-refractivity contribution is 0.102. The van der Waals surface area contributed by atoms with Crippen LogP contribution in [0.2, 0.25) is 0 Å². The Balaban J connectivity index is 1.92. The van der Waals surface area contributed by atoms with Crippen LogP contribution in [0.3, 0.4) is 0 Å². The van der Waals surface area contributed by atoms with Crippen LogP contribution in [0.5, 0.6) is 0 Å². The molecule has 1 amide bonds. The highest BCUT2D eigenvalue weighted by Gasteiger charge is 2.11. The third-order valence-corrected chi connectivity index (χ3v) is 3.00. The van der Waals surface area contributed by atoms with E-state index in [2.05, 4.69) is 15.3 Å². The van der Waals surface area contributed by atoms with Crippen molar-refractivity contribution < 1.29 is 4.79 Å². The molecule has 3 rings (SSSR count). The molecule has 1 heterocycles. The van der Waals surface area contributed by atoms with E-state index in [9.17, 15) is 4.79 Å². The van der Waals surface area contributed by atoms with Crippen molar-refractivity contribution >= 4 is 22.6 Å². The first-order valence-electron chi connectivity index (χ1n) is 6.04. The van der Waals surface area contributed by atoms with E-state index in [0.29, 0.717) is 11.1 Å². The molecule has 0 saturated heterocycles. The van der Waals surface area contributed by atoms with E-state index in [1.165, 1.54) is 0 Å².